The van der Waals surface area contributed by atoms with Crippen molar-refractivity contribution in [3.63, 3.8) is 0 Å². The molecule has 2 amide bonds. The first-order chi connectivity index (χ1) is 16.1. The van der Waals surface area contributed by atoms with Gasteiger partial charge >= 0.3 is 0 Å². The van der Waals surface area contributed by atoms with Crippen molar-refractivity contribution in [3.05, 3.63) is 84.0 Å². The van der Waals surface area contributed by atoms with Crippen LogP contribution in [0.5, 0.6) is 11.5 Å². The number of allylic oxidation sites excluding steroid dienone is 3. The molecule has 2 aromatic rings. The van der Waals surface area contributed by atoms with Gasteiger partial charge in [0.15, 0.2) is 11.5 Å². The fourth-order valence-corrected chi connectivity index (χ4v) is 5.24. The molecule has 0 radical (unpaired) electrons. The summed E-state index contributed by atoms with van der Waals surface area (Å²) in [6.45, 7) is 4.26. The van der Waals surface area contributed by atoms with Crippen LogP contribution in [0.4, 0.5) is 0 Å². The Kier molecular flexibility index (Phi) is 5.58. The molecule has 0 N–H and O–H groups in total. The predicted octanol–water partition coefficient (Wildman–Crippen LogP) is 4.14. The van der Waals surface area contributed by atoms with E-state index in [1.54, 1.807) is 25.5 Å². The highest BCUT2D eigenvalue weighted by Gasteiger charge is 2.59. The summed E-state index contributed by atoms with van der Waals surface area (Å²) < 4.78 is 11.7. The zero-order valence-electron chi connectivity index (χ0n) is 18.5. The summed E-state index contributed by atoms with van der Waals surface area (Å²) in [5.41, 5.74) is 2.66. The highest BCUT2D eigenvalue weighted by atomic mass is 16.5. The van der Waals surface area contributed by atoms with Crippen molar-refractivity contribution in [2.45, 2.75) is 19.4 Å². The van der Waals surface area contributed by atoms with E-state index in [0.29, 0.717) is 24.5 Å². The topological polar surface area (TPSA) is 68.2 Å². The van der Waals surface area contributed by atoms with Gasteiger partial charge in [-0.15, -0.1) is 6.58 Å². The normalized spacial score (nSPS) is 25.2. The molecule has 6 heteroatoms. The maximum atomic E-state index is 12.9. The minimum Gasteiger partial charge on any atom is -0.493 e. The Morgan fingerprint density at radius 3 is 2.42 bits per heavy atom. The van der Waals surface area contributed by atoms with Gasteiger partial charge in [0.05, 0.1) is 25.2 Å². The van der Waals surface area contributed by atoms with Gasteiger partial charge in [0.25, 0.3) is 11.8 Å². The van der Waals surface area contributed by atoms with Crippen LogP contribution < -0.4 is 9.47 Å². The van der Waals surface area contributed by atoms with Crippen molar-refractivity contribution in [2.24, 2.45) is 28.8 Å². The lowest BCUT2D eigenvalue weighted by molar-refractivity contribution is -0.140. The average Bonchev–Trinajstić information content (AvgIpc) is 3.51. The zero-order chi connectivity index (χ0) is 22.9. The van der Waals surface area contributed by atoms with Crippen LogP contribution in [-0.2, 0) is 22.6 Å². The summed E-state index contributed by atoms with van der Waals surface area (Å²) in [6.07, 6.45) is 8.96. The molecule has 2 fully saturated rings. The number of hydrogen-bond donors (Lipinski definition) is 0. The number of fused-ring (bicyclic) bond motifs is 5. The molecule has 2 bridgehead atoms. The Labute approximate surface area is 193 Å². The third-order valence-corrected chi connectivity index (χ3v) is 6.73. The molecule has 1 heterocycles. The molecule has 2 aliphatic carbocycles. The van der Waals surface area contributed by atoms with Crippen LogP contribution in [0.3, 0.4) is 0 Å². The first-order valence-electron chi connectivity index (χ1n) is 11.2. The summed E-state index contributed by atoms with van der Waals surface area (Å²) >= 11 is 0. The molecule has 1 saturated carbocycles. The highest BCUT2D eigenvalue weighted by Crippen LogP contribution is 2.52. The van der Waals surface area contributed by atoms with Crippen LogP contribution in [0.1, 0.15) is 23.1 Å². The molecule has 6 nitrogen and oxygen atoms in total. The lowest BCUT2D eigenvalue weighted by Crippen LogP contribution is -2.28. The van der Waals surface area contributed by atoms with E-state index in [2.05, 4.69) is 23.8 Å². The van der Waals surface area contributed by atoms with Gasteiger partial charge in [-0.1, -0.05) is 48.6 Å². The summed E-state index contributed by atoms with van der Waals surface area (Å²) in [6, 6.07) is 13.6. The number of hydrazone groups is 1. The Bertz CT molecular complexity index is 1120. The maximum absolute atomic E-state index is 12.9. The van der Waals surface area contributed by atoms with Gasteiger partial charge in [-0.25, -0.2) is 0 Å². The first-order valence-corrected chi connectivity index (χ1v) is 11.2. The molecule has 3 aliphatic rings. The molecule has 2 aromatic carbocycles. The van der Waals surface area contributed by atoms with E-state index in [9.17, 15) is 9.59 Å². The summed E-state index contributed by atoms with van der Waals surface area (Å²) in [5, 5.41) is 5.35. The Balaban J connectivity index is 1.39. The van der Waals surface area contributed by atoms with Gasteiger partial charge in [-0.2, -0.15) is 10.1 Å². The van der Waals surface area contributed by atoms with Crippen molar-refractivity contribution >= 4 is 18.0 Å². The van der Waals surface area contributed by atoms with Gasteiger partial charge in [0.2, 0.25) is 0 Å². The molecular weight excluding hydrogens is 416 g/mol. The number of carbonyl (C=O) groups excluding carboxylic acids is 2. The van der Waals surface area contributed by atoms with Gasteiger partial charge < -0.3 is 9.47 Å². The number of methoxy groups -OCH3 is 1. The Hall–Kier alpha value is -3.67. The minimum absolute atomic E-state index is 0.164. The van der Waals surface area contributed by atoms with Crippen LogP contribution >= 0.6 is 0 Å². The van der Waals surface area contributed by atoms with E-state index >= 15 is 0 Å². The SMILES string of the molecule is C=CCc1cc(C=NN2C(=O)C3C4C=CC(C4)C3C2=O)cc(OC)c1OCc1ccccc1. The van der Waals surface area contributed by atoms with Crippen LogP contribution in [0.25, 0.3) is 0 Å². The fraction of sp³-hybridized carbons (Fsp3) is 0.296. The average molecular weight is 443 g/mol. The van der Waals surface area contributed by atoms with Gasteiger partial charge in [0.1, 0.15) is 6.61 Å². The standard InChI is InChI=1S/C27H26N2O4/c1-3-7-21-12-18(13-22(32-2)25(21)33-16-17-8-5-4-6-9-17)15-28-29-26(30)23-19-10-11-20(14-19)24(23)27(29)31/h3-6,8-13,15,19-20,23-24H,1,7,14,16H2,2H3. The third kappa shape index (κ3) is 3.75. The smallest absolute Gasteiger partial charge is 0.254 e. The molecule has 5 rings (SSSR count). The molecule has 33 heavy (non-hydrogen) atoms. The maximum Gasteiger partial charge on any atom is 0.254 e. The number of hydrogen-bond acceptors (Lipinski definition) is 5. The second kappa shape index (κ2) is 8.70. The molecule has 0 aromatic heterocycles. The third-order valence-electron chi connectivity index (χ3n) is 6.73. The van der Waals surface area contributed by atoms with Crippen LogP contribution in [0.2, 0.25) is 0 Å². The molecule has 168 valence electrons. The lowest BCUT2D eigenvalue weighted by Gasteiger charge is -2.16. The van der Waals surface area contributed by atoms with Crippen molar-refractivity contribution in [3.8, 4) is 11.5 Å². The number of rotatable bonds is 8. The van der Waals surface area contributed by atoms with Crippen molar-refractivity contribution in [1.82, 2.24) is 5.01 Å². The fourth-order valence-electron chi connectivity index (χ4n) is 5.24. The van der Waals surface area contributed by atoms with E-state index < -0.39 is 0 Å². The van der Waals surface area contributed by atoms with E-state index in [-0.39, 0.29) is 35.5 Å². The molecule has 1 aliphatic heterocycles. The largest absolute Gasteiger partial charge is 0.493 e. The molecule has 0 spiro atoms. The molecule has 1 saturated heterocycles. The van der Waals surface area contributed by atoms with E-state index in [1.807, 2.05) is 36.4 Å². The Morgan fingerprint density at radius 2 is 1.79 bits per heavy atom. The minimum atomic E-state index is -0.260. The van der Waals surface area contributed by atoms with Crippen molar-refractivity contribution < 1.29 is 19.1 Å². The van der Waals surface area contributed by atoms with Crippen molar-refractivity contribution in [2.75, 3.05) is 7.11 Å². The highest BCUT2D eigenvalue weighted by molar-refractivity contribution is 6.06. The van der Waals surface area contributed by atoms with Crippen molar-refractivity contribution in [1.29, 1.82) is 0 Å². The lowest BCUT2D eigenvalue weighted by atomic mass is 9.85. The van der Waals surface area contributed by atoms with Crippen LogP contribution in [-0.4, -0.2) is 30.1 Å². The van der Waals surface area contributed by atoms with E-state index in [1.165, 1.54) is 0 Å². The zero-order valence-corrected chi connectivity index (χ0v) is 18.5. The van der Waals surface area contributed by atoms with Gasteiger partial charge in [-0.3, -0.25) is 9.59 Å². The van der Waals surface area contributed by atoms with E-state index in [0.717, 1.165) is 28.1 Å². The summed E-state index contributed by atoms with van der Waals surface area (Å²) in [4.78, 5) is 25.7. The second-order valence-corrected chi connectivity index (χ2v) is 8.71. The number of nitrogens with zero attached hydrogens (tertiary/aromatic N) is 2. The summed E-state index contributed by atoms with van der Waals surface area (Å²) in [5.74, 6) is 0.620. The van der Waals surface area contributed by atoms with Crippen LogP contribution in [0.15, 0.2) is 72.4 Å². The first kappa shape index (κ1) is 21.2. The number of benzene rings is 2. The quantitative estimate of drug-likeness (QED) is 0.350. The number of ether oxygens (including phenoxy) is 2. The number of carbonyl (C=O) groups is 2. The van der Waals surface area contributed by atoms with E-state index in [4.69, 9.17) is 9.47 Å². The molecule has 4 unspecified atom stereocenters. The summed E-state index contributed by atoms with van der Waals surface area (Å²) in [7, 11) is 1.58. The number of amides is 2. The predicted molar refractivity (Wildman–Crippen MR) is 125 cm³/mol. The molecular formula is C27H26N2O4. The number of imide groups is 1. The molecule has 4 atom stereocenters. The van der Waals surface area contributed by atoms with Gasteiger partial charge in [0, 0.05) is 5.56 Å². The van der Waals surface area contributed by atoms with Crippen LogP contribution in [0, 0.1) is 23.7 Å². The second-order valence-electron chi connectivity index (χ2n) is 8.71. The van der Waals surface area contributed by atoms with Gasteiger partial charge in [-0.05, 0) is 47.9 Å². The Morgan fingerprint density at radius 1 is 1.09 bits per heavy atom. The monoisotopic (exact) mass is 442 g/mol.